The van der Waals surface area contributed by atoms with E-state index in [-0.39, 0.29) is 11.8 Å². The molecule has 1 unspecified atom stereocenters. The van der Waals surface area contributed by atoms with Crippen molar-refractivity contribution in [3.05, 3.63) is 71.9 Å². The van der Waals surface area contributed by atoms with Crippen LogP contribution in [-0.2, 0) is 11.3 Å². The van der Waals surface area contributed by atoms with Crippen LogP contribution in [0.3, 0.4) is 0 Å². The maximum atomic E-state index is 12.0. The predicted molar refractivity (Wildman–Crippen MR) is 117 cm³/mol. The van der Waals surface area contributed by atoms with Crippen molar-refractivity contribution in [2.45, 2.75) is 25.8 Å². The van der Waals surface area contributed by atoms with Crippen molar-refractivity contribution in [2.75, 3.05) is 18.9 Å². The highest BCUT2D eigenvalue weighted by molar-refractivity contribution is 5.94. The molecule has 0 spiro atoms. The number of guanidine groups is 1. The van der Waals surface area contributed by atoms with Gasteiger partial charge in [-0.25, -0.2) is 9.97 Å². The van der Waals surface area contributed by atoms with Crippen LogP contribution in [0.5, 0.6) is 0 Å². The Labute approximate surface area is 175 Å². The minimum Gasteiger partial charge on any atom is -0.356 e. The lowest BCUT2D eigenvalue weighted by Crippen LogP contribution is -2.40. The number of aliphatic imine (C=N–C) groups is 1. The minimum absolute atomic E-state index is 0.0442. The lowest BCUT2D eigenvalue weighted by atomic mass is 9.90. The van der Waals surface area contributed by atoms with Crippen LogP contribution in [0.1, 0.15) is 29.3 Å². The number of aryl methyl sites for hydroxylation is 1. The van der Waals surface area contributed by atoms with Gasteiger partial charge in [0.1, 0.15) is 11.6 Å². The van der Waals surface area contributed by atoms with E-state index in [4.69, 9.17) is 0 Å². The Balaban J connectivity index is 1.34. The number of rotatable bonds is 5. The topological polar surface area (TPSA) is 96.2 Å². The first kappa shape index (κ1) is 19.6. The first-order valence-corrected chi connectivity index (χ1v) is 9.92. The van der Waals surface area contributed by atoms with Crippen molar-refractivity contribution in [1.29, 1.82) is 0 Å². The lowest BCUT2D eigenvalue weighted by Gasteiger charge is -2.26. The highest BCUT2D eigenvalue weighted by Crippen LogP contribution is 2.31. The Kier molecular flexibility index (Phi) is 5.74. The molecule has 0 fully saturated rings. The molecule has 0 bridgehead atoms. The fourth-order valence-corrected chi connectivity index (χ4v) is 3.59. The Bertz CT molecular complexity index is 1060. The van der Waals surface area contributed by atoms with Crippen LogP contribution in [0, 0.1) is 6.92 Å². The number of carbonyl (C=O) groups excluding carboxylic acids is 1. The van der Waals surface area contributed by atoms with Gasteiger partial charge in [-0.1, -0.05) is 24.3 Å². The van der Waals surface area contributed by atoms with Crippen LogP contribution < -0.4 is 16.0 Å². The van der Waals surface area contributed by atoms with Gasteiger partial charge in [-0.2, -0.15) is 0 Å². The number of fused-ring (bicyclic) bond motifs is 1. The molecule has 1 atom stereocenters. The zero-order valence-electron chi connectivity index (χ0n) is 17.1. The van der Waals surface area contributed by atoms with Crippen molar-refractivity contribution < 1.29 is 4.79 Å². The minimum atomic E-state index is 0.0442. The van der Waals surface area contributed by atoms with Crippen LogP contribution in [0.15, 0.2) is 60.0 Å². The van der Waals surface area contributed by atoms with Crippen LogP contribution in [0.4, 0.5) is 5.69 Å². The molecule has 30 heavy (non-hydrogen) atoms. The van der Waals surface area contributed by atoms with E-state index < -0.39 is 0 Å². The Hall–Kier alpha value is -3.68. The van der Waals surface area contributed by atoms with Gasteiger partial charge in [0.05, 0.1) is 0 Å². The molecule has 2 aromatic heterocycles. The maximum Gasteiger partial charge on any atom is 0.225 e. The molecule has 3 heterocycles. The summed E-state index contributed by atoms with van der Waals surface area (Å²) in [7, 11) is 1.74. The first-order chi connectivity index (χ1) is 14.6. The number of nitrogens with zero attached hydrogens (tertiary/aromatic N) is 4. The third-order valence-corrected chi connectivity index (χ3v) is 5.19. The molecule has 0 saturated heterocycles. The van der Waals surface area contributed by atoms with Crippen LogP contribution in [0.25, 0.3) is 5.82 Å². The predicted octanol–water partition coefficient (Wildman–Crippen LogP) is 2.37. The van der Waals surface area contributed by atoms with Gasteiger partial charge in [0.2, 0.25) is 5.91 Å². The molecule has 3 N–H and O–H groups in total. The molecule has 0 aliphatic carbocycles. The fraction of sp³-hybridized carbons (Fsp3) is 0.273. The van der Waals surface area contributed by atoms with Crippen molar-refractivity contribution in [3.8, 4) is 5.82 Å². The van der Waals surface area contributed by atoms with Gasteiger partial charge in [0, 0.05) is 56.8 Å². The Morgan fingerprint density at radius 3 is 2.83 bits per heavy atom. The molecule has 8 nitrogen and oxygen atoms in total. The van der Waals surface area contributed by atoms with E-state index in [9.17, 15) is 4.79 Å². The van der Waals surface area contributed by atoms with E-state index in [1.54, 1.807) is 13.2 Å². The quantitative estimate of drug-likeness (QED) is 0.449. The Morgan fingerprint density at radius 2 is 2.10 bits per heavy atom. The second-order valence-electron chi connectivity index (χ2n) is 7.21. The highest BCUT2D eigenvalue weighted by atomic mass is 16.1. The van der Waals surface area contributed by atoms with E-state index in [1.165, 1.54) is 0 Å². The SMILES string of the molecule is CN=C(NCc1ccc(-n2ccnc2C)nc1)NCC1CC(=O)Nc2ccccc21. The largest absolute Gasteiger partial charge is 0.356 e. The first-order valence-electron chi connectivity index (χ1n) is 9.92. The highest BCUT2D eigenvalue weighted by Gasteiger charge is 2.24. The zero-order chi connectivity index (χ0) is 20.9. The smallest absolute Gasteiger partial charge is 0.225 e. The summed E-state index contributed by atoms with van der Waals surface area (Å²) in [6.07, 6.45) is 5.96. The van der Waals surface area contributed by atoms with E-state index in [2.05, 4.69) is 37.0 Å². The molecular formula is C22H25N7O. The van der Waals surface area contributed by atoms with E-state index >= 15 is 0 Å². The number of benzene rings is 1. The number of amides is 1. The molecule has 8 heteroatoms. The average molecular weight is 403 g/mol. The number of hydrogen-bond donors (Lipinski definition) is 3. The van der Waals surface area contributed by atoms with E-state index in [1.807, 2.05) is 54.2 Å². The molecule has 3 aromatic rings. The van der Waals surface area contributed by atoms with Crippen molar-refractivity contribution in [3.63, 3.8) is 0 Å². The molecule has 1 aliphatic heterocycles. The molecule has 154 valence electrons. The molecule has 1 aromatic carbocycles. The second-order valence-corrected chi connectivity index (χ2v) is 7.21. The van der Waals surface area contributed by atoms with Crippen molar-refractivity contribution in [1.82, 2.24) is 25.2 Å². The van der Waals surface area contributed by atoms with E-state index in [0.29, 0.717) is 25.5 Å². The molecule has 1 amide bonds. The van der Waals surface area contributed by atoms with Crippen LogP contribution >= 0.6 is 0 Å². The van der Waals surface area contributed by atoms with Gasteiger partial charge in [-0.05, 0) is 30.2 Å². The van der Waals surface area contributed by atoms with Gasteiger partial charge in [-0.3, -0.25) is 14.4 Å². The van der Waals surface area contributed by atoms with Gasteiger partial charge in [0.25, 0.3) is 0 Å². The molecule has 0 saturated carbocycles. The number of nitrogens with one attached hydrogen (secondary N) is 3. The summed E-state index contributed by atoms with van der Waals surface area (Å²) < 4.78 is 1.94. The third kappa shape index (κ3) is 4.32. The molecule has 1 aliphatic rings. The lowest BCUT2D eigenvalue weighted by molar-refractivity contribution is -0.116. The number of para-hydroxylation sites is 1. The standard InChI is InChI=1S/C22H25N7O/c1-15-24-9-10-29(15)20-8-7-16(12-25-20)13-26-22(23-2)27-14-17-11-21(30)28-19-6-4-3-5-18(17)19/h3-10,12,17H,11,13-14H2,1-2H3,(H,28,30)(H2,23,26,27). The average Bonchev–Trinajstić information content (AvgIpc) is 3.20. The van der Waals surface area contributed by atoms with Gasteiger partial charge >= 0.3 is 0 Å². The van der Waals surface area contributed by atoms with Gasteiger partial charge in [0.15, 0.2) is 5.96 Å². The summed E-state index contributed by atoms with van der Waals surface area (Å²) in [5, 5.41) is 9.57. The number of pyridine rings is 1. The number of imidazole rings is 1. The summed E-state index contributed by atoms with van der Waals surface area (Å²) >= 11 is 0. The van der Waals surface area contributed by atoms with Gasteiger partial charge in [-0.15, -0.1) is 0 Å². The number of aromatic nitrogens is 3. The molecule has 0 radical (unpaired) electrons. The summed E-state index contributed by atoms with van der Waals surface area (Å²) in [6.45, 7) is 3.17. The maximum absolute atomic E-state index is 12.0. The Morgan fingerprint density at radius 1 is 1.23 bits per heavy atom. The monoisotopic (exact) mass is 403 g/mol. The van der Waals surface area contributed by atoms with E-state index in [0.717, 1.165) is 28.5 Å². The summed E-state index contributed by atoms with van der Waals surface area (Å²) in [4.78, 5) is 25.0. The van der Waals surface area contributed by atoms with Gasteiger partial charge < -0.3 is 16.0 Å². The summed E-state index contributed by atoms with van der Waals surface area (Å²) in [5.41, 5.74) is 3.08. The van der Waals surface area contributed by atoms with Crippen LogP contribution in [0.2, 0.25) is 0 Å². The number of hydrogen-bond acceptors (Lipinski definition) is 4. The summed E-state index contributed by atoms with van der Waals surface area (Å²) in [6, 6.07) is 11.9. The molecule has 4 rings (SSSR count). The molecular weight excluding hydrogens is 378 g/mol. The number of carbonyl (C=O) groups is 1. The fourth-order valence-electron chi connectivity index (χ4n) is 3.59. The second kappa shape index (κ2) is 8.77. The van der Waals surface area contributed by atoms with Crippen molar-refractivity contribution >= 4 is 17.6 Å². The van der Waals surface area contributed by atoms with Crippen LogP contribution in [-0.4, -0.2) is 40.0 Å². The number of anilines is 1. The normalized spacial score (nSPS) is 16.0. The zero-order valence-corrected chi connectivity index (χ0v) is 17.1. The third-order valence-electron chi connectivity index (χ3n) is 5.19. The summed E-state index contributed by atoms with van der Waals surface area (Å²) in [5.74, 6) is 2.57. The van der Waals surface area contributed by atoms with Crippen molar-refractivity contribution in [2.24, 2.45) is 4.99 Å².